The van der Waals surface area contributed by atoms with Crippen molar-refractivity contribution >= 4 is 11.6 Å². The molecular formula is C24H25NO8. The molecule has 0 saturated carbocycles. The van der Waals surface area contributed by atoms with Crippen LogP contribution in [-0.2, 0) is 4.79 Å². The van der Waals surface area contributed by atoms with Crippen LogP contribution in [0.4, 0.5) is 5.69 Å². The molecule has 3 N–H and O–H groups in total. The molecule has 1 aromatic heterocycles. The van der Waals surface area contributed by atoms with Gasteiger partial charge >= 0.3 is 5.63 Å². The maximum atomic E-state index is 12.9. The number of carbonyl (C=O) groups excluding carboxylic acids is 1. The summed E-state index contributed by atoms with van der Waals surface area (Å²) in [7, 11) is 4.33. The van der Waals surface area contributed by atoms with E-state index in [1.165, 1.54) is 58.6 Å². The Morgan fingerprint density at radius 3 is 2.24 bits per heavy atom. The van der Waals surface area contributed by atoms with E-state index >= 15 is 0 Å². The number of rotatable bonds is 8. The number of anilines is 1. The first-order valence-electron chi connectivity index (χ1n) is 10.00. The average Bonchev–Trinajstić information content (AvgIpc) is 2.78. The van der Waals surface area contributed by atoms with Gasteiger partial charge in [0.15, 0.2) is 11.5 Å². The minimum atomic E-state index is -0.936. The van der Waals surface area contributed by atoms with Crippen LogP contribution in [0.5, 0.6) is 28.7 Å². The lowest BCUT2D eigenvalue weighted by molar-refractivity contribution is -0.116. The number of ether oxygens (including phenoxy) is 3. The minimum Gasteiger partial charge on any atom is -0.508 e. The molecule has 174 valence electrons. The van der Waals surface area contributed by atoms with Gasteiger partial charge in [-0.05, 0) is 37.3 Å². The summed E-state index contributed by atoms with van der Waals surface area (Å²) in [6.07, 6.45) is -0.228. The van der Waals surface area contributed by atoms with Crippen LogP contribution in [0.3, 0.4) is 0 Å². The van der Waals surface area contributed by atoms with Crippen LogP contribution >= 0.6 is 0 Å². The average molecular weight is 455 g/mol. The first kappa shape index (κ1) is 23.5. The van der Waals surface area contributed by atoms with Crippen molar-refractivity contribution in [2.75, 3.05) is 26.6 Å². The molecule has 1 amide bonds. The van der Waals surface area contributed by atoms with Gasteiger partial charge in [0, 0.05) is 29.7 Å². The maximum Gasteiger partial charge on any atom is 0.343 e. The van der Waals surface area contributed by atoms with Crippen molar-refractivity contribution in [1.82, 2.24) is 0 Å². The van der Waals surface area contributed by atoms with Gasteiger partial charge in [0.05, 0.1) is 26.9 Å². The molecule has 0 unspecified atom stereocenters. The highest BCUT2D eigenvalue weighted by Crippen LogP contribution is 2.46. The second-order valence-corrected chi connectivity index (χ2v) is 7.22. The maximum absolute atomic E-state index is 12.9. The Hall–Kier alpha value is -4.14. The van der Waals surface area contributed by atoms with Crippen molar-refractivity contribution in [2.45, 2.75) is 19.3 Å². The molecule has 3 rings (SSSR count). The Kier molecular flexibility index (Phi) is 7.12. The first-order chi connectivity index (χ1) is 15.8. The lowest BCUT2D eigenvalue weighted by Crippen LogP contribution is -2.21. The largest absolute Gasteiger partial charge is 0.508 e. The molecule has 0 bridgehead atoms. The van der Waals surface area contributed by atoms with Crippen molar-refractivity contribution in [1.29, 1.82) is 0 Å². The lowest BCUT2D eigenvalue weighted by Gasteiger charge is -2.22. The molecule has 9 nitrogen and oxygen atoms in total. The van der Waals surface area contributed by atoms with Gasteiger partial charge in [-0.2, -0.15) is 0 Å². The third kappa shape index (κ3) is 5.03. The molecule has 1 heterocycles. The third-order valence-electron chi connectivity index (χ3n) is 5.09. The van der Waals surface area contributed by atoms with E-state index in [2.05, 4.69) is 5.32 Å². The predicted molar refractivity (Wildman–Crippen MR) is 121 cm³/mol. The van der Waals surface area contributed by atoms with Crippen LogP contribution < -0.4 is 25.2 Å². The van der Waals surface area contributed by atoms with E-state index < -0.39 is 17.5 Å². The summed E-state index contributed by atoms with van der Waals surface area (Å²) in [5, 5.41) is 22.8. The summed E-state index contributed by atoms with van der Waals surface area (Å²) >= 11 is 0. The number of hydrogen-bond acceptors (Lipinski definition) is 8. The van der Waals surface area contributed by atoms with Crippen molar-refractivity contribution in [3.8, 4) is 28.7 Å². The summed E-state index contributed by atoms with van der Waals surface area (Å²) in [6, 6.07) is 10.5. The monoisotopic (exact) mass is 455 g/mol. The van der Waals surface area contributed by atoms with E-state index in [0.29, 0.717) is 17.0 Å². The van der Waals surface area contributed by atoms with Crippen LogP contribution in [0.2, 0.25) is 0 Å². The number of benzene rings is 2. The molecule has 33 heavy (non-hydrogen) atoms. The molecule has 0 aliphatic rings. The van der Waals surface area contributed by atoms with E-state index in [0.717, 1.165) is 0 Å². The number of phenols is 1. The summed E-state index contributed by atoms with van der Waals surface area (Å²) in [6.45, 7) is 1.54. The van der Waals surface area contributed by atoms with Crippen molar-refractivity contribution in [2.24, 2.45) is 0 Å². The zero-order chi connectivity index (χ0) is 24.1. The van der Waals surface area contributed by atoms with Gasteiger partial charge in [0.1, 0.15) is 17.3 Å². The number of nitrogens with one attached hydrogen (secondary N) is 1. The second kappa shape index (κ2) is 9.99. The van der Waals surface area contributed by atoms with Gasteiger partial charge < -0.3 is 34.2 Å². The Morgan fingerprint density at radius 2 is 1.67 bits per heavy atom. The minimum absolute atomic E-state index is 0.0584. The molecule has 0 aliphatic carbocycles. The van der Waals surface area contributed by atoms with E-state index in [1.54, 1.807) is 12.1 Å². The van der Waals surface area contributed by atoms with E-state index in [4.69, 9.17) is 18.6 Å². The smallest absolute Gasteiger partial charge is 0.343 e. The lowest BCUT2D eigenvalue weighted by atomic mass is 9.87. The summed E-state index contributed by atoms with van der Waals surface area (Å²) in [5.74, 6) is -0.476. The fourth-order valence-electron chi connectivity index (χ4n) is 3.63. The van der Waals surface area contributed by atoms with E-state index in [9.17, 15) is 19.8 Å². The molecule has 3 aromatic rings. The SMILES string of the molecule is COc1ccc([C@@H](CC(=O)Nc2ccc(O)cc2)c2c(O)cc(C)oc2=O)c(OC)c1OC. The number of amides is 1. The van der Waals surface area contributed by atoms with Crippen LogP contribution in [0.1, 0.15) is 29.2 Å². The Labute approximate surface area is 190 Å². The van der Waals surface area contributed by atoms with Crippen molar-refractivity contribution < 1.29 is 33.6 Å². The Morgan fingerprint density at radius 1 is 1.00 bits per heavy atom. The predicted octanol–water partition coefficient (Wildman–Crippen LogP) is 3.55. The topological polar surface area (TPSA) is 127 Å². The van der Waals surface area contributed by atoms with Gasteiger partial charge in [-0.25, -0.2) is 4.79 Å². The van der Waals surface area contributed by atoms with Crippen LogP contribution in [0.15, 0.2) is 51.7 Å². The fourth-order valence-corrected chi connectivity index (χ4v) is 3.63. The highest BCUT2D eigenvalue weighted by Gasteiger charge is 2.30. The third-order valence-corrected chi connectivity index (χ3v) is 5.09. The zero-order valence-corrected chi connectivity index (χ0v) is 18.7. The van der Waals surface area contributed by atoms with Gasteiger partial charge in [-0.15, -0.1) is 0 Å². The quantitative estimate of drug-likeness (QED) is 0.440. The molecule has 9 heteroatoms. The van der Waals surface area contributed by atoms with Crippen molar-refractivity contribution in [3.05, 3.63) is 69.8 Å². The summed E-state index contributed by atoms with van der Waals surface area (Å²) in [5.41, 5.74) is 0.0113. The Bertz CT molecular complexity index is 1200. The standard InChI is InChI=1S/C24H25NO8/c1-13-11-18(27)21(24(29)33-13)17(12-20(28)25-14-5-7-15(26)8-6-14)16-9-10-19(30-2)23(32-4)22(16)31-3/h5-11,17,26-27H,12H2,1-4H3,(H,25,28)/t17-/m1/s1. The van der Waals surface area contributed by atoms with E-state index in [-0.39, 0.29) is 40.7 Å². The second-order valence-electron chi connectivity index (χ2n) is 7.22. The molecule has 0 saturated heterocycles. The number of carbonyl (C=O) groups is 1. The van der Waals surface area contributed by atoms with Crippen LogP contribution in [0.25, 0.3) is 0 Å². The van der Waals surface area contributed by atoms with Crippen molar-refractivity contribution in [3.63, 3.8) is 0 Å². The molecule has 0 radical (unpaired) electrons. The van der Waals surface area contributed by atoms with Gasteiger partial charge in [-0.3, -0.25) is 4.79 Å². The summed E-state index contributed by atoms with van der Waals surface area (Å²) < 4.78 is 21.5. The number of hydrogen-bond donors (Lipinski definition) is 3. The molecular weight excluding hydrogens is 430 g/mol. The Balaban J connectivity index is 2.12. The van der Waals surface area contributed by atoms with E-state index in [1.807, 2.05) is 0 Å². The molecule has 2 aromatic carbocycles. The van der Waals surface area contributed by atoms with Gasteiger partial charge in [-0.1, -0.05) is 6.07 Å². The molecule has 0 fully saturated rings. The normalized spacial score (nSPS) is 11.5. The van der Waals surface area contributed by atoms with Crippen LogP contribution in [0, 0.1) is 6.92 Å². The number of aryl methyl sites for hydroxylation is 1. The fraction of sp³-hybridized carbons (Fsp3) is 0.250. The number of phenolic OH excluding ortho intramolecular Hbond substituents is 1. The number of aromatic hydroxyl groups is 2. The van der Waals surface area contributed by atoms with Crippen LogP contribution in [-0.4, -0.2) is 37.4 Å². The highest BCUT2D eigenvalue weighted by atomic mass is 16.5. The molecule has 1 atom stereocenters. The number of methoxy groups -OCH3 is 3. The zero-order valence-electron chi connectivity index (χ0n) is 18.7. The highest BCUT2D eigenvalue weighted by molar-refractivity contribution is 5.91. The molecule has 0 spiro atoms. The summed E-state index contributed by atoms with van der Waals surface area (Å²) in [4.78, 5) is 25.7. The first-order valence-corrected chi connectivity index (χ1v) is 10.00. The van der Waals surface area contributed by atoms with Gasteiger partial charge in [0.2, 0.25) is 11.7 Å². The molecule has 0 aliphatic heterocycles. The van der Waals surface area contributed by atoms with Gasteiger partial charge in [0.25, 0.3) is 0 Å².